The molecule has 100 valence electrons. The monoisotopic (exact) mass is 330 g/mol. The van der Waals surface area contributed by atoms with Gasteiger partial charge < -0.3 is 4.74 Å². The lowest BCUT2D eigenvalue weighted by molar-refractivity contribution is -0.281. The van der Waals surface area contributed by atoms with Gasteiger partial charge >= 0.3 is 12.1 Å². The van der Waals surface area contributed by atoms with Crippen molar-refractivity contribution in [1.82, 2.24) is 0 Å². The third kappa shape index (κ3) is 2.25. The summed E-state index contributed by atoms with van der Waals surface area (Å²) in [5.41, 5.74) is 1.35. The fourth-order valence-electron chi connectivity index (χ4n) is 1.70. The molecule has 1 aromatic carbocycles. The van der Waals surface area contributed by atoms with Crippen LogP contribution in [0.15, 0.2) is 18.2 Å². The fourth-order valence-corrected chi connectivity index (χ4v) is 2.25. The molecule has 0 N–H and O–H groups in total. The lowest BCUT2D eigenvalue weighted by Gasteiger charge is -2.25. The predicted molar refractivity (Wildman–Crippen MR) is 57.6 cm³/mol. The van der Waals surface area contributed by atoms with Crippen molar-refractivity contribution in [3.63, 3.8) is 0 Å². The summed E-state index contributed by atoms with van der Waals surface area (Å²) in [5.74, 6) is -4.82. The molecule has 0 saturated heterocycles. The van der Waals surface area contributed by atoms with Gasteiger partial charge in [-0.15, -0.1) is 0 Å². The Labute approximate surface area is 108 Å². The third-order valence-corrected chi connectivity index (χ3v) is 3.84. The minimum Gasteiger partial charge on any atom is -0.372 e. The largest absolute Gasteiger partial charge is 0.454 e. The molecule has 0 aliphatic carbocycles. The van der Waals surface area contributed by atoms with E-state index in [4.69, 9.17) is 4.74 Å². The molecule has 0 amide bonds. The Bertz CT molecular complexity index is 457. The maximum Gasteiger partial charge on any atom is 0.454 e. The Hall–Kier alpha value is -0.690. The zero-order valence-electron chi connectivity index (χ0n) is 8.90. The molecular weight excluding hydrogens is 323 g/mol. The van der Waals surface area contributed by atoms with Gasteiger partial charge in [-0.3, -0.25) is 0 Å². The SMILES string of the molecule is FC(F)(F)C(F)(F)C(Br)c1ccc2c(c1)COC2. The summed E-state index contributed by atoms with van der Waals surface area (Å²) in [5, 5.41) is 0. The summed E-state index contributed by atoms with van der Waals surface area (Å²) in [6.45, 7) is 0.596. The van der Waals surface area contributed by atoms with Crippen LogP contribution in [-0.2, 0) is 18.0 Å². The van der Waals surface area contributed by atoms with Gasteiger partial charge in [-0.1, -0.05) is 34.1 Å². The van der Waals surface area contributed by atoms with Crippen LogP contribution in [0.4, 0.5) is 22.0 Å². The van der Waals surface area contributed by atoms with Crippen LogP contribution in [0.25, 0.3) is 0 Å². The van der Waals surface area contributed by atoms with Gasteiger partial charge in [0.05, 0.1) is 13.2 Å². The van der Waals surface area contributed by atoms with Crippen LogP contribution >= 0.6 is 15.9 Å². The highest BCUT2D eigenvalue weighted by Gasteiger charge is 2.62. The smallest absolute Gasteiger partial charge is 0.372 e. The van der Waals surface area contributed by atoms with E-state index in [1.807, 2.05) is 0 Å². The van der Waals surface area contributed by atoms with Crippen molar-refractivity contribution in [2.45, 2.75) is 30.1 Å². The number of halogens is 6. The van der Waals surface area contributed by atoms with Crippen molar-refractivity contribution in [3.8, 4) is 0 Å². The first-order valence-corrected chi connectivity index (χ1v) is 5.93. The molecular formula is C11H8BrF5O. The fraction of sp³-hybridized carbons (Fsp3) is 0.455. The molecule has 1 aliphatic heterocycles. The van der Waals surface area contributed by atoms with E-state index in [2.05, 4.69) is 15.9 Å². The number of ether oxygens (including phenoxy) is 1. The van der Waals surface area contributed by atoms with E-state index in [0.717, 1.165) is 5.56 Å². The van der Waals surface area contributed by atoms with Gasteiger partial charge in [-0.05, 0) is 16.7 Å². The summed E-state index contributed by atoms with van der Waals surface area (Å²) >= 11 is 2.44. The average Bonchev–Trinajstić information content (AvgIpc) is 2.73. The first kappa shape index (κ1) is 13.7. The number of fused-ring (bicyclic) bond motifs is 1. The van der Waals surface area contributed by atoms with Gasteiger partial charge in [0, 0.05) is 0 Å². The lowest BCUT2D eigenvalue weighted by Crippen LogP contribution is -2.40. The summed E-state index contributed by atoms with van der Waals surface area (Å²) in [6, 6.07) is 4.09. The molecule has 0 aromatic heterocycles. The van der Waals surface area contributed by atoms with Crippen molar-refractivity contribution in [2.75, 3.05) is 0 Å². The van der Waals surface area contributed by atoms with Crippen LogP contribution in [-0.4, -0.2) is 12.1 Å². The zero-order chi connectivity index (χ0) is 13.6. The number of hydrogen-bond donors (Lipinski definition) is 0. The normalized spacial score (nSPS) is 17.7. The maximum absolute atomic E-state index is 13.2. The highest BCUT2D eigenvalue weighted by Crippen LogP contribution is 2.49. The van der Waals surface area contributed by atoms with E-state index < -0.39 is 16.9 Å². The van der Waals surface area contributed by atoms with Gasteiger partial charge in [-0.2, -0.15) is 22.0 Å². The van der Waals surface area contributed by atoms with Gasteiger partial charge in [0.25, 0.3) is 0 Å². The second kappa shape index (κ2) is 4.45. The predicted octanol–water partition coefficient (Wildman–Crippen LogP) is 4.35. The summed E-state index contributed by atoms with van der Waals surface area (Å²) < 4.78 is 68.1. The van der Waals surface area contributed by atoms with Gasteiger partial charge in [0.1, 0.15) is 4.83 Å². The maximum atomic E-state index is 13.2. The highest BCUT2D eigenvalue weighted by atomic mass is 79.9. The van der Waals surface area contributed by atoms with E-state index in [9.17, 15) is 22.0 Å². The first-order chi connectivity index (χ1) is 8.23. The number of alkyl halides is 6. The van der Waals surface area contributed by atoms with E-state index >= 15 is 0 Å². The molecule has 0 fully saturated rings. The Morgan fingerprint density at radius 2 is 1.67 bits per heavy atom. The molecule has 1 atom stereocenters. The lowest BCUT2D eigenvalue weighted by atomic mass is 10.0. The second-order valence-corrected chi connectivity index (χ2v) is 4.92. The molecule has 18 heavy (non-hydrogen) atoms. The van der Waals surface area contributed by atoms with Crippen LogP contribution in [0.1, 0.15) is 21.5 Å². The van der Waals surface area contributed by atoms with Crippen LogP contribution in [0.5, 0.6) is 0 Å². The molecule has 0 spiro atoms. The Kier molecular flexibility index (Phi) is 3.40. The van der Waals surface area contributed by atoms with E-state index in [0.29, 0.717) is 12.2 Å². The number of benzene rings is 1. The van der Waals surface area contributed by atoms with Crippen LogP contribution in [0, 0.1) is 0 Å². The van der Waals surface area contributed by atoms with Crippen LogP contribution < -0.4 is 0 Å². The van der Waals surface area contributed by atoms with E-state index in [-0.39, 0.29) is 12.2 Å². The van der Waals surface area contributed by atoms with Crippen molar-refractivity contribution in [2.24, 2.45) is 0 Å². The molecule has 7 heteroatoms. The Morgan fingerprint density at radius 1 is 1.06 bits per heavy atom. The quantitative estimate of drug-likeness (QED) is 0.578. The molecule has 2 rings (SSSR count). The minimum atomic E-state index is -5.59. The molecule has 1 heterocycles. The van der Waals surface area contributed by atoms with Crippen molar-refractivity contribution >= 4 is 15.9 Å². The molecule has 1 nitrogen and oxygen atoms in total. The van der Waals surface area contributed by atoms with Gasteiger partial charge in [0.2, 0.25) is 0 Å². The molecule has 0 radical (unpaired) electrons. The Balaban J connectivity index is 2.32. The summed E-state index contributed by atoms with van der Waals surface area (Å²) in [4.78, 5) is -2.10. The zero-order valence-corrected chi connectivity index (χ0v) is 10.5. The highest BCUT2D eigenvalue weighted by molar-refractivity contribution is 9.09. The molecule has 1 aliphatic rings. The Morgan fingerprint density at radius 3 is 2.28 bits per heavy atom. The molecule has 0 bridgehead atoms. The van der Waals surface area contributed by atoms with Crippen molar-refractivity contribution < 1.29 is 26.7 Å². The molecule has 1 unspecified atom stereocenters. The van der Waals surface area contributed by atoms with Crippen molar-refractivity contribution in [3.05, 3.63) is 34.9 Å². The average molecular weight is 331 g/mol. The third-order valence-electron chi connectivity index (χ3n) is 2.73. The van der Waals surface area contributed by atoms with Crippen LogP contribution in [0.2, 0.25) is 0 Å². The standard InChI is InChI=1S/C11H8BrF5O/c12-9(10(13,14)11(15,16)17)6-1-2-7-4-18-5-8(7)3-6/h1-3,9H,4-5H2. The summed E-state index contributed by atoms with van der Waals surface area (Å²) in [7, 11) is 0. The van der Waals surface area contributed by atoms with Gasteiger partial charge in [-0.25, -0.2) is 0 Å². The first-order valence-electron chi connectivity index (χ1n) is 5.01. The summed E-state index contributed by atoms with van der Waals surface area (Å²) in [6.07, 6.45) is -5.59. The second-order valence-electron chi connectivity index (χ2n) is 4.00. The van der Waals surface area contributed by atoms with Crippen molar-refractivity contribution in [1.29, 1.82) is 0 Å². The number of hydrogen-bond acceptors (Lipinski definition) is 1. The van der Waals surface area contributed by atoms with Crippen LogP contribution in [0.3, 0.4) is 0 Å². The van der Waals surface area contributed by atoms with Gasteiger partial charge in [0.15, 0.2) is 0 Å². The topological polar surface area (TPSA) is 9.23 Å². The van der Waals surface area contributed by atoms with E-state index in [1.165, 1.54) is 18.2 Å². The molecule has 1 aromatic rings. The minimum absolute atomic E-state index is 0.110. The number of rotatable bonds is 2. The van der Waals surface area contributed by atoms with E-state index in [1.54, 1.807) is 0 Å². The molecule has 0 saturated carbocycles.